The highest BCUT2D eigenvalue weighted by molar-refractivity contribution is 7.91. The van der Waals surface area contributed by atoms with Gasteiger partial charge in [0.1, 0.15) is 9.84 Å². The second kappa shape index (κ2) is 5.17. The highest BCUT2D eigenvalue weighted by Gasteiger charge is 2.24. The van der Waals surface area contributed by atoms with Gasteiger partial charge in [-0.1, -0.05) is 6.42 Å². The Labute approximate surface area is 97.4 Å². The molecule has 0 amide bonds. The number of hydrogen-bond acceptors (Lipinski definition) is 4. The minimum atomic E-state index is -2.74. The average Bonchev–Trinajstić information content (AvgIpc) is 2.50. The van der Waals surface area contributed by atoms with Crippen LogP contribution in [0.2, 0.25) is 0 Å². The van der Waals surface area contributed by atoms with E-state index in [1.54, 1.807) is 0 Å². The van der Waals surface area contributed by atoms with Crippen LogP contribution in [0.25, 0.3) is 0 Å². The predicted molar refractivity (Wildman–Crippen MR) is 65.6 cm³/mol. The van der Waals surface area contributed by atoms with Crippen LogP contribution in [0.1, 0.15) is 38.5 Å². The lowest BCUT2D eigenvalue weighted by atomic mass is 10.1. The summed E-state index contributed by atoms with van der Waals surface area (Å²) < 4.78 is 22.6. The molecule has 0 saturated carbocycles. The summed E-state index contributed by atoms with van der Waals surface area (Å²) in [5.41, 5.74) is 0. The first-order chi connectivity index (χ1) is 7.66. The predicted octanol–water partition coefficient (Wildman–Crippen LogP) is 1.13. The third-order valence-electron chi connectivity index (χ3n) is 3.30. The van der Waals surface area contributed by atoms with Gasteiger partial charge in [0, 0.05) is 19.0 Å². The Kier molecular flexibility index (Phi) is 3.84. The van der Waals surface area contributed by atoms with Crippen molar-refractivity contribution in [3.63, 3.8) is 0 Å². The summed E-state index contributed by atoms with van der Waals surface area (Å²) in [6.45, 7) is 0.924. The molecule has 2 rings (SSSR count). The Morgan fingerprint density at radius 3 is 2.62 bits per heavy atom. The Bertz CT molecular complexity index is 348. The summed E-state index contributed by atoms with van der Waals surface area (Å²) in [4.78, 5) is 4.51. The molecule has 0 aromatic heterocycles. The molecule has 2 aliphatic rings. The van der Waals surface area contributed by atoms with E-state index in [0.29, 0.717) is 17.5 Å². The molecule has 1 N–H and O–H groups in total. The molecule has 2 heterocycles. The molecular formula is C11H20N2O2S. The lowest BCUT2D eigenvalue weighted by molar-refractivity contribution is 0.517. The monoisotopic (exact) mass is 244 g/mol. The summed E-state index contributed by atoms with van der Waals surface area (Å²) in [6, 6.07) is 0.320. The van der Waals surface area contributed by atoms with Crippen molar-refractivity contribution in [3.8, 4) is 0 Å². The Morgan fingerprint density at radius 1 is 1.12 bits per heavy atom. The summed E-state index contributed by atoms with van der Waals surface area (Å²) >= 11 is 0. The Morgan fingerprint density at radius 2 is 1.88 bits per heavy atom. The molecule has 0 aromatic rings. The quantitative estimate of drug-likeness (QED) is 0.752. The largest absolute Gasteiger partial charge is 0.371 e. The molecule has 0 unspecified atom stereocenters. The van der Waals surface area contributed by atoms with Crippen molar-refractivity contribution in [1.29, 1.82) is 0 Å². The molecule has 92 valence electrons. The van der Waals surface area contributed by atoms with E-state index < -0.39 is 9.84 Å². The summed E-state index contributed by atoms with van der Waals surface area (Å²) in [5.74, 6) is 1.76. The highest BCUT2D eigenvalue weighted by atomic mass is 32.2. The van der Waals surface area contributed by atoms with Gasteiger partial charge in [0.05, 0.1) is 17.3 Å². The summed E-state index contributed by atoms with van der Waals surface area (Å²) in [5, 5.41) is 3.42. The van der Waals surface area contributed by atoms with E-state index in [-0.39, 0.29) is 0 Å². The minimum Gasteiger partial charge on any atom is -0.371 e. The SMILES string of the molecule is O=S1(=O)CCC(NC2=NCCCCC2)CC1. The van der Waals surface area contributed by atoms with Crippen LogP contribution >= 0.6 is 0 Å². The highest BCUT2D eigenvalue weighted by Crippen LogP contribution is 2.14. The van der Waals surface area contributed by atoms with Crippen LogP contribution in [0.3, 0.4) is 0 Å². The van der Waals surface area contributed by atoms with Crippen molar-refractivity contribution >= 4 is 15.7 Å². The molecule has 0 radical (unpaired) electrons. The number of sulfone groups is 1. The first-order valence-electron chi connectivity index (χ1n) is 6.16. The van der Waals surface area contributed by atoms with Gasteiger partial charge in [-0.25, -0.2) is 8.42 Å². The number of nitrogens with zero attached hydrogens (tertiary/aromatic N) is 1. The summed E-state index contributed by atoms with van der Waals surface area (Å²) in [6.07, 6.45) is 6.15. The van der Waals surface area contributed by atoms with Crippen LogP contribution < -0.4 is 5.32 Å². The van der Waals surface area contributed by atoms with E-state index in [0.717, 1.165) is 31.6 Å². The summed E-state index contributed by atoms with van der Waals surface area (Å²) in [7, 11) is -2.74. The molecule has 0 spiro atoms. The smallest absolute Gasteiger partial charge is 0.150 e. The van der Waals surface area contributed by atoms with Gasteiger partial charge in [0.25, 0.3) is 0 Å². The number of amidine groups is 1. The van der Waals surface area contributed by atoms with E-state index in [9.17, 15) is 8.42 Å². The molecule has 0 atom stereocenters. The van der Waals surface area contributed by atoms with Gasteiger partial charge in [-0.05, 0) is 25.7 Å². The van der Waals surface area contributed by atoms with Crippen molar-refractivity contribution in [2.45, 2.75) is 44.6 Å². The molecular weight excluding hydrogens is 224 g/mol. The Hall–Kier alpha value is -0.580. The molecule has 2 aliphatic heterocycles. The average molecular weight is 244 g/mol. The second-order valence-electron chi connectivity index (χ2n) is 4.71. The maximum atomic E-state index is 11.3. The van der Waals surface area contributed by atoms with Crippen LogP contribution in [-0.4, -0.2) is 38.3 Å². The maximum absolute atomic E-state index is 11.3. The lowest BCUT2D eigenvalue weighted by Gasteiger charge is -2.24. The van der Waals surface area contributed by atoms with Gasteiger partial charge in [-0.15, -0.1) is 0 Å². The van der Waals surface area contributed by atoms with Gasteiger partial charge in [-0.3, -0.25) is 4.99 Å². The lowest BCUT2D eigenvalue weighted by Crippen LogP contribution is -2.40. The van der Waals surface area contributed by atoms with Crippen molar-refractivity contribution in [1.82, 2.24) is 5.32 Å². The number of aliphatic imine (C=N–C) groups is 1. The Balaban J connectivity index is 1.84. The van der Waals surface area contributed by atoms with Gasteiger partial charge < -0.3 is 5.32 Å². The topological polar surface area (TPSA) is 58.5 Å². The zero-order valence-corrected chi connectivity index (χ0v) is 10.4. The zero-order chi connectivity index (χ0) is 11.4. The second-order valence-corrected chi connectivity index (χ2v) is 7.01. The van der Waals surface area contributed by atoms with Crippen LogP contribution in [0.5, 0.6) is 0 Å². The molecule has 5 heteroatoms. The molecule has 1 fully saturated rings. The number of hydrogen-bond donors (Lipinski definition) is 1. The van der Waals surface area contributed by atoms with E-state index in [1.807, 2.05) is 0 Å². The molecule has 1 saturated heterocycles. The third kappa shape index (κ3) is 3.47. The zero-order valence-electron chi connectivity index (χ0n) is 9.61. The number of rotatable bonds is 1. The molecule has 0 bridgehead atoms. The fraction of sp³-hybridized carbons (Fsp3) is 0.909. The fourth-order valence-electron chi connectivity index (χ4n) is 2.26. The maximum Gasteiger partial charge on any atom is 0.150 e. The molecule has 16 heavy (non-hydrogen) atoms. The van der Waals surface area contributed by atoms with Crippen molar-refractivity contribution in [3.05, 3.63) is 0 Å². The van der Waals surface area contributed by atoms with E-state index in [2.05, 4.69) is 10.3 Å². The van der Waals surface area contributed by atoms with Gasteiger partial charge >= 0.3 is 0 Å². The first kappa shape index (κ1) is 11.9. The van der Waals surface area contributed by atoms with Gasteiger partial charge in [0.15, 0.2) is 0 Å². The van der Waals surface area contributed by atoms with E-state index >= 15 is 0 Å². The van der Waals surface area contributed by atoms with Crippen molar-refractivity contribution in [2.24, 2.45) is 4.99 Å². The van der Waals surface area contributed by atoms with Gasteiger partial charge in [-0.2, -0.15) is 0 Å². The number of nitrogens with one attached hydrogen (secondary N) is 1. The van der Waals surface area contributed by atoms with Crippen LogP contribution in [0.4, 0.5) is 0 Å². The molecule has 0 aliphatic carbocycles. The van der Waals surface area contributed by atoms with Crippen LogP contribution in [0, 0.1) is 0 Å². The molecule has 4 nitrogen and oxygen atoms in total. The van der Waals surface area contributed by atoms with Crippen LogP contribution in [0.15, 0.2) is 4.99 Å². The standard InChI is InChI=1S/C11H20N2O2S/c14-16(15)8-5-10(6-9-16)13-11-4-2-1-3-7-12-11/h10H,1-9H2,(H,12,13). The first-order valence-corrected chi connectivity index (χ1v) is 7.98. The van der Waals surface area contributed by atoms with Crippen molar-refractivity contribution in [2.75, 3.05) is 18.1 Å². The van der Waals surface area contributed by atoms with Crippen molar-refractivity contribution < 1.29 is 8.42 Å². The molecule has 0 aromatic carbocycles. The fourth-order valence-corrected chi connectivity index (χ4v) is 3.75. The third-order valence-corrected chi connectivity index (χ3v) is 5.02. The van der Waals surface area contributed by atoms with Gasteiger partial charge in [0.2, 0.25) is 0 Å². The van der Waals surface area contributed by atoms with E-state index in [4.69, 9.17) is 0 Å². The minimum absolute atomic E-state index is 0.320. The van der Waals surface area contributed by atoms with E-state index in [1.165, 1.54) is 19.3 Å². The van der Waals surface area contributed by atoms with Crippen LogP contribution in [-0.2, 0) is 9.84 Å². The normalized spacial score (nSPS) is 26.9.